The Kier molecular flexibility index (Phi) is 5.57. The van der Waals surface area contributed by atoms with Crippen LogP contribution in [-0.2, 0) is 22.6 Å². The second-order valence-corrected chi connectivity index (χ2v) is 7.66. The molecule has 3 N–H and O–H groups in total. The zero-order valence-corrected chi connectivity index (χ0v) is 17.3. The summed E-state index contributed by atoms with van der Waals surface area (Å²) in [6.07, 6.45) is 0.782. The molecule has 1 aromatic heterocycles. The lowest BCUT2D eigenvalue weighted by molar-refractivity contribution is -0.147. The second kappa shape index (κ2) is 8.47. The molecule has 0 atom stereocenters. The summed E-state index contributed by atoms with van der Waals surface area (Å²) in [4.78, 5) is 24.5. The quantitative estimate of drug-likeness (QED) is 0.554. The minimum Gasteiger partial charge on any atom is -0.483 e. The monoisotopic (exact) mass is 421 g/mol. The summed E-state index contributed by atoms with van der Waals surface area (Å²) >= 11 is 0. The summed E-state index contributed by atoms with van der Waals surface area (Å²) < 4.78 is 16.8. The number of para-hydroxylation sites is 2. The number of esters is 1. The number of hydrogen-bond donors (Lipinski definition) is 2. The maximum absolute atomic E-state index is 12.2. The van der Waals surface area contributed by atoms with Gasteiger partial charge in [0.25, 0.3) is 0 Å². The summed E-state index contributed by atoms with van der Waals surface area (Å²) in [5.74, 6) is 1.13. The van der Waals surface area contributed by atoms with E-state index < -0.39 is 5.97 Å². The molecule has 0 bridgehead atoms. The van der Waals surface area contributed by atoms with Crippen molar-refractivity contribution in [3.8, 4) is 11.5 Å². The van der Waals surface area contributed by atoms with Crippen LogP contribution in [-0.4, -0.2) is 33.1 Å². The van der Waals surface area contributed by atoms with E-state index in [0.717, 1.165) is 17.7 Å². The molecule has 0 saturated carbocycles. The van der Waals surface area contributed by atoms with Gasteiger partial charge in [-0.1, -0.05) is 30.3 Å². The van der Waals surface area contributed by atoms with E-state index in [1.54, 1.807) is 6.07 Å². The molecule has 160 valence electrons. The highest BCUT2D eigenvalue weighted by Gasteiger charge is 2.32. The summed E-state index contributed by atoms with van der Waals surface area (Å²) in [7, 11) is 0. The number of benzene rings is 2. The summed E-state index contributed by atoms with van der Waals surface area (Å²) in [5.41, 5.74) is 7.29. The maximum atomic E-state index is 12.2. The Morgan fingerprint density at radius 2 is 1.94 bits per heavy atom. The lowest BCUT2D eigenvalue weighted by Crippen LogP contribution is -2.24. The predicted molar refractivity (Wildman–Crippen MR) is 114 cm³/mol. The SMILES string of the molecule is CC1(C)Cc2cccc(OCC(=O)OCc3nc(N)nc(Nc4ccccc4)n3)c2O1. The number of nitrogens with zero attached hydrogens (tertiary/aromatic N) is 3. The van der Waals surface area contributed by atoms with E-state index in [9.17, 15) is 4.79 Å². The minimum absolute atomic E-state index is 0.0235. The predicted octanol–water partition coefficient (Wildman–Crippen LogP) is 3.03. The zero-order chi connectivity index (χ0) is 21.8. The first kappa shape index (κ1) is 20.4. The number of anilines is 3. The summed E-state index contributed by atoms with van der Waals surface area (Å²) in [5, 5.41) is 3.03. The molecule has 0 amide bonds. The van der Waals surface area contributed by atoms with E-state index in [-0.39, 0.29) is 36.5 Å². The van der Waals surface area contributed by atoms with Crippen molar-refractivity contribution in [2.45, 2.75) is 32.5 Å². The molecule has 0 unspecified atom stereocenters. The van der Waals surface area contributed by atoms with Crippen LogP contribution in [0.15, 0.2) is 48.5 Å². The molecule has 3 aromatic rings. The fourth-order valence-electron chi connectivity index (χ4n) is 3.23. The average Bonchev–Trinajstić information content (AvgIpc) is 3.05. The van der Waals surface area contributed by atoms with Crippen molar-refractivity contribution < 1.29 is 19.0 Å². The molecule has 0 fully saturated rings. The number of fused-ring (bicyclic) bond motifs is 1. The van der Waals surface area contributed by atoms with Crippen LogP contribution in [0, 0.1) is 0 Å². The van der Waals surface area contributed by atoms with Gasteiger partial charge in [0, 0.05) is 17.7 Å². The molecule has 0 saturated heterocycles. The van der Waals surface area contributed by atoms with Crippen LogP contribution in [0.4, 0.5) is 17.6 Å². The van der Waals surface area contributed by atoms with Crippen LogP contribution in [0.5, 0.6) is 11.5 Å². The van der Waals surface area contributed by atoms with E-state index in [1.807, 2.05) is 56.3 Å². The average molecular weight is 421 g/mol. The lowest BCUT2D eigenvalue weighted by atomic mass is 10.0. The number of hydrogen-bond acceptors (Lipinski definition) is 9. The maximum Gasteiger partial charge on any atom is 0.344 e. The van der Waals surface area contributed by atoms with Crippen molar-refractivity contribution in [1.29, 1.82) is 0 Å². The molecule has 2 heterocycles. The molecular formula is C22H23N5O4. The molecule has 31 heavy (non-hydrogen) atoms. The number of carbonyl (C=O) groups is 1. The molecule has 2 aromatic carbocycles. The fourth-order valence-corrected chi connectivity index (χ4v) is 3.23. The van der Waals surface area contributed by atoms with Gasteiger partial charge in [0.1, 0.15) is 5.60 Å². The van der Waals surface area contributed by atoms with Crippen molar-refractivity contribution in [1.82, 2.24) is 15.0 Å². The van der Waals surface area contributed by atoms with Gasteiger partial charge in [-0.3, -0.25) is 0 Å². The first-order valence-electron chi connectivity index (χ1n) is 9.80. The van der Waals surface area contributed by atoms with Crippen molar-refractivity contribution in [2.24, 2.45) is 0 Å². The van der Waals surface area contributed by atoms with Crippen molar-refractivity contribution >= 4 is 23.6 Å². The fraction of sp³-hybridized carbons (Fsp3) is 0.273. The highest BCUT2D eigenvalue weighted by molar-refractivity contribution is 5.71. The van der Waals surface area contributed by atoms with Gasteiger partial charge in [-0.05, 0) is 32.0 Å². The normalized spacial score (nSPS) is 13.7. The Labute approximate surface area is 179 Å². The molecule has 0 spiro atoms. The molecule has 9 nitrogen and oxygen atoms in total. The molecule has 1 aliphatic heterocycles. The van der Waals surface area contributed by atoms with Gasteiger partial charge in [0.15, 0.2) is 30.5 Å². The van der Waals surface area contributed by atoms with Gasteiger partial charge in [-0.15, -0.1) is 0 Å². The Morgan fingerprint density at radius 3 is 2.74 bits per heavy atom. The lowest BCUT2D eigenvalue weighted by Gasteiger charge is -2.18. The molecule has 1 aliphatic rings. The van der Waals surface area contributed by atoms with E-state index in [1.165, 1.54) is 0 Å². The zero-order valence-electron chi connectivity index (χ0n) is 17.3. The van der Waals surface area contributed by atoms with E-state index in [0.29, 0.717) is 11.5 Å². The van der Waals surface area contributed by atoms with E-state index in [4.69, 9.17) is 19.9 Å². The van der Waals surface area contributed by atoms with Crippen LogP contribution in [0.3, 0.4) is 0 Å². The summed E-state index contributed by atoms with van der Waals surface area (Å²) in [6.45, 7) is 3.59. The van der Waals surface area contributed by atoms with Gasteiger partial charge in [0.2, 0.25) is 11.9 Å². The number of carbonyl (C=O) groups excluding carboxylic acids is 1. The molecule has 0 aliphatic carbocycles. The molecule has 4 rings (SSSR count). The van der Waals surface area contributed by atoms with Crippen LogP contribution in [0.1, 0.15) is 25.2 Å². The Balaban J connectivity index is 1.33. The molecule has 9 heteroatoms. The smallest absolute Gasteiger partial charge is 0.344 e. The minimum atomic E-state index is -0.564. The second-order valence-electron chi connectivity index (χ2n) is 7.66. The first-order valence-corrected chi connectivity index (χ1v) is 9.80. The number of nitrogens with two attached hydrogens (primary N) is 1. The Morgan fingerprint density at radius 1 is 1.13 bits per heavy atom. The number of nitrogen functional groups attached to an aromatic ring is 1. The van der Waals surface area contributed by atoms with Crippen molar-refractivity contribution in [2.75, 3.05) is 17.7 Å². The van der Waals surface area contributed by atoms with Gasteiger partial charge in [0.05, 0.1) is 0 Å². The summed E-state index contributed by atoms with van der Waals surface area (Å²) in [6, 6.07) is 15.0. The Bertz CT molecular complexity index is 1090. The van der Waals surface area contributed by atoms with Crippen molar-refractivity contribution in [3.63, 3.8) is 0 Å². The van der Waals surface area contributed by atoms with Gasteiger partial charge >= 0.3 is 5.97 Å². The van der Waals surface area contributed by atoms with Crippen LogP contribution >= 0.6 is 0 Å². The van der Waals surface area contributed by atoms with E-state index >= 15 is 0 Å². The topological polar surface area (TPSA) is 121 Å². The highest BCUT2D eigenvalue weighted by atomic mass is 16.6. The first-order chi connectivity index (χ1) is 14.9. The number of nitrogens with one attached hydrogen (secondary N) is 1. The number of ether oxygens (including phenoxy) is 3. The largest absolute Gasteiger partial charge is 0.483 e. The van der Waals surface area contributed by atoms with Crippen LogP contribution < -0.4 is 20.5 Å². The van der Waals surface area contributed by atoms with Gasteiger partial charge < -0.3 is 25.3 Å². The third-order valence-electron chi connectivity index (χ3n) is 4.49. The van der Waals surface area contributed by atoms with Gasteiger partial charge in [-0.25, -0.2) is 4.79 Å². The van der Waals surface area contributed by atoms with Crippen LogP contribution in [0.2, 0.25) is 0 Å². The number of rotatable bonds is 7. The van der Waals surface area contributed by atoms with Gasteiger partial charge in [-0.2, -0.15) is 15.0 Å². The van der Waals surface area contributed by atoms with Crippen molar-refractivity contribution in [3.05, 3.63) is 59.9 Å². The molecular weight excluding hydrogens is 398 g/mol. The molecule has 0 radical (unpaired) electrons. The van der Waals surface area contributed by atoms with E-state index in [2.05, 4.69) is 20.3 Å². The third kappa shape index (κ3) is 5.19. The third-order valence-corrected chi connectivity index (χ3v) is 4.49. The standard InChI is InChI=1S/C22H23N5O4/c1-22(2)11-14-7-6-10-16(19(14)31-22)29-13-18(28)30-12-17-25-20(23)27-21(26-17)24-15-8-4-3-5-9-15/h3-10H,11-13H2,1-2H3,(H3,23,24,25,26,27). The highest BCUT2D eigenvalue weighted by Crippen LogP contribution is 2.41. The van der Waals surface area contributed by atoms with Crippen LogP contribution in [0.25, 0.3) is 0 Å². The number of aromatic nitrogens is 3. The Hall–Kier alpha value is -3.88.